The molecular formula is C22H26ClN3O5S. The highest BCUT2D eigenvalue weighted by atomic mass is 35.5. The number of hydrogen-bond acceptors (Lipinski definition) is 5. The average molecular weight is 480 g/mol. The van der Waals surface area contributed by atoms with E-state index in [1.54, 1.807) is 43.0 Å². The Morgan fingerprint density at radius 3 is 2.44 bits per heavy atom. The number of rotatable bonds is 9. The summed E-state index contributed by atoms with van der Waals surface area (Å²) >= 11 is 6.15. The molecule has 1 aliphatic rings. The number of carbonyl (C=O) groups is 2. The SMILES string of the molecule is CCN(CC)S(=O)(=O)c1ccc(Cl)c(NC(=O)COc2ccc(N3CCCC3=O)cc2)c1. The fourth-order valence-corrected chi connectivity index (χ4v) is 5.10. The molecule has 2 aromatic rings. The molecular weight excluding hydrogens is 454 g/mol. The summed E-state index contributed by atoms with van der Waals surface area (Å²) in [5.41, 5.74) is 0.985. The van der Waals surface area contributed by atoms with E-state index in [0.717, 1.165) is 12.1 Å². The van der Waals surface area contributed by atoms with E-state index in [9.17, 15) is 18.0 Å². The van der Waals surface area contributed by atoms with Crippen molar-refractivity contribution in [2.75, 3.05) is 36.5 Å². The van der Waals surface area contributed by atoms with Gasteiger partial charge in [-0.3, -0.25) is 9.59 Å². The van der Waals surface area contributed by atoms with Gasteiger partial charge < -0.3 is 15.0 Å². The number of benzene rings is 2. The third-order valence-electron chi connectivity index (χ3n) is 5.15. The maximum atomic E-state index is 12.7. The predicted molar refractivity (Wildman–Crippen MR) is 124 cm³/mol. The summed E-state index contributed by atoms with van der Waals surface area (Å²) in [5.74, 6) is 0.0859. The summed E-state index contributed by atoms with van der Waals surface area (Å²) in [6.07, 6.45) is 1.40. The van der Waals surface area contributed by atoms with Crippen molar-refractivity contribution >= 4 is 44.8 Å². The van der Waals surface area contributed by atoms with E-state index in [1.165, 1.54) is 22.5 Å². The Morgan fingerprint density at radius 1 is 1.16 bits per heavy atom. The second-order valence-corrected chi connectivity index (χ2v) is 9.56. The van der Waals surface area contributed by atoms with Gasteiger partial charge in [-0.2, -0.15) is 4.31 Å². The zero-order valence-corrected chi connectivity index (χ0v) is 19.6. The van der Waals surface area contributed by atoms with Crippen LogP contribution in [0.3, 0.4) is 0 Å². The van der Waals surface area contributed by atoms with Crippen LogP contribution in [0.2, 0.25) is 5.02 Å². The first-order valence-electron chi connectivity index (χ1n) is 10.4. The van der Waals surface area contributed by atoms with E-state index >= 15 is 0 Å². The molecule has 0 bridgehead atoms. The minimum absolute atomic E-state index is 0.0499. The molecule has 0 unspecified atom stereocenters. The molecule has 3 rings (SSSR count). The number of amides is 2. The number of anilines is 2. The van der Waals surface area contributed by atoms with E-state index in [-0.39, 0.29) is 28.1 Å². The van der Waals surface area contributed by atoms with Gasteiger partial charge in [0.15, 0.2) is 6.61 Å². The number of ether oxygens (including phenoxy) is 1. The van der Waals surface area contributed by atoms with Crippen molar-refractivity contribution in [2.24, 2.45) is 0 Å². The van der Waals surface area contributed by atoms with Crippen molar-refractivity contribution < 1.29 is 22.7 Å². The third kappa shape index (κ3) is 5.40. The fraction of sp³-hybridized carbons (Fsp3) is 0.364. The molecule has 8 nitrogen and oxygen atoms in total. The standard InChI is InChI=1S/C22H26ClN3O5S/c1-3-25(4-2)32(29,30)18-11-12-19(23)20(14-18)24-21(27)15-31-17-9-7-16(8-10-17)26-13-5-6-22(26)28/h7-12,14H,3-6,13,15H2,1-2H3,(H,24,27). The lowest BCUT2D eigenvalue weighted by atomic mass is 10.3. The lowest BCUT2D eigenvalue weighted by Crippen LogP contribution is -2.30. The van der Waals surface area contributed by atoms with E-state index < -0.39 is 15.9 Å². The number of halogens is 1. The lowest BCUT2D eigenvalue weighted by molar-refractivity contribution is -0.118. The molecule has 1 saturated heterocycles. The first-order valence-corrected chi connectivity index (χ1v) is 12.2. The van der Waals surface area contributed by atoms with E-state index in [1.807, 2.05) is 0 Å². The molecule has 0 spiro atoms. The zero-order valence-electron chi connectivity index (χ0n) is 18.0. The summed E-state index contributed by atoms with van der Waals surface area (Å²) in [4.78, 5) is 26.0. The van der Waals surface area contributed by atoms with Crippen LogP contribution in [-0.4, -0.2) is 50.8 Å². The van der Waals surface area contributed by atoms with Gasteiger partial charge in [0.1, 0.15) is 5.75 Å². The molecule has 0 aromatic heterocycles. The van der Waals surface area contributed by atoms with Crippen molar-refractivity contribution in [1.82, 2.24) is 4.31 Å². The fourth-order valence-electron chi connectivity index (χ4n) is 3.45. The van der Waals surface area contributed by atoms with Crippen LogP contribution >= 0.6 is 11.6 Å². The summed E-state index contributed by atoms with van der Waals surface area (Å²) in [6, 6.07) is 11.1. The quantitative estimate of drug-likeness (QED) is 0.593. The first kappa shape index (κ1) is 24.0. The van der Waals surface area contributed by atoms with Crippen molar-refractivity contribution in [2.45, 2.75) is 31.6 Å². The highest BCUT2D eigenvalue weighted by molar-refractivity contribution is 7.89. The molecule has 0 saturated carbocycles. The number of nitrogens with zero attached hydrogens (tertiary/aromatic N) is 2. The van der Waals surface area contributed by atoms with Gasteiger partial charge in [-0.1, -0.05) is 25.4 Å². The van der Waals surface area contributed by atoms with Gasteiger partial charge in [0.25, 0.3) is 5.91 Å². The normalized spacial score (nSPS) is 14.1. The molecule has 1 aliphatic heterocycles. The van der Waals surface area contributed by atoms with Crippen LogP contribution in [0.5, 0.6) is 5.75 Å². The van der Waals surface area contributed by atoms with E-state index in [0.29, 0.717) is 31.8 Å². The Labute approximate surface area is 193 Å². The van der Waals surface area contributed by atoms with Gasteiger partial charge in [-0.15, -0.1) is 0 Å². The second kappa shape index (κ2) is 10.3. The minimum Gasteiger partial charge on any atom is -0.484 e. The van der Waals surface area contributed by atoms with E-state index in [4.69, 9.17) is 16.3 Å². The van der Waals surface area contributed by atoms with Crippen LogP contribution in [-0.2, 0) is 19.6 Å². The number of hydrogen-bond donors (Lipinski definition) is 1. The van der Waals surface area contributed by atoms with Crippen LogP contribution < -0.4 is 15.0 Å². The van der Waals surface area contributed by atoms with Crippen LogP contribution in [0.15, 0.2) is 47.4 Å². The Bertz CT molecular complexity index is 1090. The third-order valence-corrected chi connectivity index (χ3v) is 7.52. The lowest BCUT2D eigenvalue weighted by Gasteiger charge is -2.19. The summed E-state index contributed by atoms with van der Waals surface area (Å²) < 4.78 is 32.3. The van der Waals surface area contributed by atoms with Crippen LogP contribution in [0.4, 0.5) is 11.4 Å². The molecule has 0 atom stereocenters. The van der Waals surface area contributed by atoms with Crippen molar-refractivity contribution in [3.63, 3.8) is 0 Å². The largest absolute Gasteiger partial charge is 0.484 e. The van der Waals surface area contributed by atoms with Gasteiger partial charge in [0.05, 0.1) is 15.6 Å². The molecule has 172 valence electrons. The Balaban J connectivity index is 1.63. The maximum Gasteiger partial charge on any atom is 0.262 e. The van der Waals surface area contributed by atoms with Crippen molar-refractivity contribution in [1.29, 1.82) is 0 Å². The van der Waals surface area contributed by atoms with Crippen LogP contribution in [0.1, 0.15) is 26.7 Å². The van der Waals surface area contributed by atoms with Gasteiger partial charge in [0.2, 0.25) is 15.9 Å². The number of sulfonamides is 1. The molecule has 32 heavy (non-hydrogen) atoms. The molecule has 1 N–H and O–H groups in total. The second-order valence-electron chi connectivity index (χ2n) is 7.21. The van der Waals surface area contributed by atoms with Gasteiger partial charge in [-0.25, -0.2) is 8.42 Å². The molecule has 1 heterocycles. The van der Waals surface area contributed by atoms with E-state index in [2.05, 4.69) is 5.32 Å². The first-order chi connectivity index (χ1) is 15.3. The summed E-state index contributed by atoms with van der Waals surface area (Å²) in [7, 11) is -3.68. The molecule has 10 heteroatoms. The number of carbonyl (C=O) groups excluding carboxylic acids is 2. The minimum atomic E-state index is -3.68. The maximum absolute atomic E-state index is 12.7. The molecule has 2 amide bonds. The monoisotopic (exact) mass is 479 g/mol. The summed E-state index contributed by atoms with van der Waals surface area (Å²) in [6.45, 7) is 4.60. The highest BCUT2D eigenvalue weighted by Gasteiger charge is 2.23. The van der Waals surface area contributed by atoms with Gasteiger partial charge in [-0.05, 0) is 48.9 Å². The van der Waals surface area contributed by atoms with Crippen LogP contribution in [0, 0.1) is 0 Å². The Morgan fingerprint density at radius 2 is 1.84 bits per heavy atom. The Kier molecular flexibility index (Phi) is 7.76. The molecule has 0 radical (unpaired) electrons. The topological polar surface area (TPSA) is 96.0 Å². The smallest absolute Gasteiger partial charge is 0.262 e. The zero-order chi connectivity index (χ0) is 23.3. The highest BCUT2D eigenvalue weighted by Crippen LogP contribution is 2.27. The van der Waals surface area contributed by atoms with Crippen molar-refractivity contribution in [3.8, 4) is 5.75 Å². The van der Waals surface area contributed by atoms with Gasteiger partial charge >= 0.3 is 0 Å². The average Bonchev–Trinajstić information content (AvgIpc) is 3.20. The van der Waals surface area contributed by atoms with Crippen molar-refractivity contribution in [3.05, 3.63) is 47.5 Å². The van der Waals surface area contributed by atoms with Crippen LogP contribution in [0.25, 0.3) is 0 Å². The number of nitrogens with one attached hydrogen (secondary N) is 1. The Hall–Kier alpha value is -2.62. The summed E-state index contributed by atoms with van der Waals surface area (Å²) in [5, 5.41) is 2.82. The molecule has 2 aromatic carbocycles. The molecule has 0 aliphatic carbocycles. The molecule has 1 fully saturated rings. The predicted octanol–water partition coefficient (Wildman–Crippen LogP) is 3.51. The van der Waals surface area contributed by atoms with Gasteiger partial charge in [0, 0.05) is 31.7 Å².